The van der Waals surface area contributed by atoms with E-state index in [1.54, 1.807) is 11.4 Å². The topological polar surface area (TPSA) is 66.9 Å². The van der Waals surface area contributed by atoms with Gasteiger partial charge < -0.3 is 9.64 Å². The molecule has 6 nitrogen and oxygen atoms in total. The molecule has 1 atom stereocenters. The number of methoxy groups -OCH3 is 1. The van der Waals surface area contributed by atoms with E-state index in [0.717, 1.165) is 57.2 Å². The Morgan fingerprint density at radius 1 is 1.38 bits per heavy atom. The second kappa shape index (κ2) is 6.77. The molecule has 7 heteroatoms. The van der Waals surface area contributed by atoms with Gasteiger partial charge in [-0.2, -0.15) is 4.31 Å². The molecule has 0 bridgehead atoms. The molecule has 0 aromatic heterocycles. The van der Waals surface area contributed by atoms with Gasteiger partial charge in [-0.1, -0.05) is 6.08 Å². The first-order valence-electron chi connectivity index (χ1n) is 8.79. The molecule has 0 saturated carbocycles. The van der Waals surface area contributed by atoms with Crippen LogP contribution in [0.4, 0.5) is 0 Å². The Hall–Kier alpha value is -0.920. The molecule has 0 N–H and O–H groups in total. The molecule has 2 saturated heterocycles. The first kappa shape index (κ1) is 17.9. The van der Waals surface area contributed by atoms with Crippen LogP contribution < -0.4 is 0 Å². The van der Waals surface area contributed by atoms with Gasteiger partial charge in [-0.15, -0.1) is 0 Å². The molecule has 0 aromatic carbocycles. The number of carbonyl (C=O) groups is 1. The highest BCUT2D eigenvalue weighted by Gasteiger charge is 2.48. The maximum atomic E-state index is 12.5. The molecule has 2 aliphatic heterocycles. The third kappa shape index (κ3) is 3.53. The quantitative estimate of drug-likeness (QED) is 0.763. The molecular weight excluding hydrogens is 328 g/mol. The number of allylic oxidation sites excluding steroid dienone is 1. The molecule has 136 valence electrons. The van der Waals surface area contributed by atoms with Crippen LogP contribution in [0.2, 0.25) is 0 Å². The standard InChI is InChI=1S/C17H28N2O4S/c1-23-12-15-11-17(13-19(15)24(2,21)22)7-9-18(10-8-17)16(20)14-5-3-4-6-14/h5,15H,3-4,6-13H2,1-2H3/t15-/m1/s1. The maximum Gasteiger partial charge on any atom is 0.249 e. The number of likely N-dealkylation sites (tertiary alicyclic amines) is 1. The molecule has 0 radical (unpaired) electrons. The van der Waals surface area contributed by atoms with E-state index in [9.17, 15) is 13.2 Å². The number of piperidine rings is 1. The van der Waals surface area contributed by atoms with Crippen molar-refractivity contribution in [2.45, 2.75) is 44.6 Å². The number of rotatable bonds is 4. The highest BCUT2D eigenvalue weighted by atomic mass is 32.2. The van der Waals surface area contributed by atoms with Gasteiger partial charge >= 0.3 is 0 Å². The normalized spacial score (nSPS) is 27.7. The van der Waals surface area contributed by atoms with E-state index >= 15 is 0 Å². The summed E-state index contributed by atoms with van der Waals surface area (Å²) in [5.41, 5.74) is 0.958. The van der Waals surface area contributed by atoms with Crippen LogP contribution in [-0.2, 0) is 19.6 Å². The van der Waals surface area contributed by atoms with Crippen LogP contribution in [0.1, 0.15) is 38.5 Å². The lowest BCUT2D eigenvalue weighted by Gasteiger charge is -2.39. The summed E-state index contributed by atoms with van der Waals surface area (Å²) in [6, 6.07) is -0.0789. The van der Waals surface area contributed by atoms with E-state index in [1.807, 2.05) is 4.90 Å². The second-order valence-electron chi connectivity index (χ2n) is 7.54. The highest BCUT2D eigenvalue weighted by Crippen LogP contribution is 2.44. The lowest BCUT2D eigenvalue weighted by Crippen LogP contribution is -2.45. The average Bonchev–Trinajstić information content (AvgIpc) is 3.16. The lowest BCUT2D eigenvalue weighted by molar-refractivity contribution is -0.129. The summed E-state index contributed by atoms with van der Waals surface area (Å²) >= 11 is 0. The average molecular weight is 356 g/mol. The fraction of sp³-hybridized carbons (Fsp3) is 0.824. The first-order chi connectivity index (χ1) is 11.3. The van der Waals surface area contributed by atoms with Gasteiger partial charge in [0.05, 0.1) is 12.9 Å². The van der Waals surface area contributed by atoms with Gasteiger partial charge in [-0.25, -0.2) is 8.42 Å². The largest absolute Gasteiger partial charge is 0.383 e. The van der Waals surface area contributed by atoms with E-state index in [4.69, 9.17) is 4.74 Å². The summed E-state index contributed by atoms with van der Waals surface area (Å²) in [6.45, 7) is 2.45. The van der Waals surface area contributed by atoms with Crippen molar-refractivity contribution in [3.05, 3.63) is 11.6 Å². The maximum absolute atomic E-state index is 12.5. The van der Waals surface area contributed by atoms with Crippen molar-refractivity contribution in [2.24, 2.45) is 5.41 Å². The van der Waals surface area contributed by atoms with E-state index in [2.05, 4.69) is 6.08 Å². The van der Waals surface area contributed by atoms with E-state index in [0.29, 0.717) is 13.2 Å². The minimum Gasteiger partial charge on any atom is -0.383 e. The van der Waals surface area contributed by atoms with Crippen molar-refractivity contribution >= 4 is 15.9 Å². The van der Waals surface area contributed by atoms with Crippen LogP contribution in [-0.4, -0.2) is 69.2 Å². The number of sulfonamides is 1. The zero-order valence-electron chi connectivity index (χ0n) is 14.7. The third-order valence-electron chi connectivity index (χ3n) is 5.78. The van der Waals surface area contributed by atoms with Crippen LogP contribution in [0, 0.1) is 5.41 Å². The Morgan fingerprint density at radius 3 is 2.62 bits per heavy atom. The zero-order valence-corrected chi connectivity index (χ0v) is 15.5. The van der Waals surface area contributed by atoms with Crippen LogP contribution in [0.3, 0.4) is 0 Å². The fourth-order valence-electron chi connectivity index (χ4n) is 4.46. The van der Waals surface area contributed by atoms with Crippen LogP contribution in [0.15, 0.2) is 11.6 Å². The van der Waals surface area contributed by atoms with Gasteiger partial charge in [-0.05, 0) is 43.9 Å². The summed E-state index contributed by atoms with van der Waals surface area (Å²) in [6.07, 6.45) is 8.93. The number of hydrogen-bond acceptors (Lipinski definition) is 4. The summed E-state index contributed by atoms with van der Waals surface area (Å²) in [5.74, 6) is 0.189. The Balaban J connectivity index is 1.65. The van der Waals surface area contributed by atoms with E-state index in [-0.39, 0.29) is 17.4 Å². The zero-order chi connectivity index (χ0) is 17.4. The third-order valence-corrected chi connectivity index (χ3v) is 7.06. The number of hydrogen-bond donors (Lipinski definition) is 0. The molecular formula is C17H28N2O4S. The molecule has 3 aliphatic rings. The van der Waals surface area contributed by atoms with Crippen LogP contribution >= 0.6 is 0 Å². The Bertz CT molecular complexity index is 621. The predicted molar refractivity (Wildman–Crippen MR) is 92.0 cm³/mol. The highest BCUT2D eigenvalue weighted by molar-refractivity contribution is 7.88. The van der Waals surface area contributed by atoms with Gasteiger partial charge in [0, 0.05) is 38.4 Å². The van der Waals surface area contributed by atoms with Crippen molar-refractivity contribution in [3.8, 4) is 0 Å². The lowest BCUT2D eigenvalue weighted by atomic mass is 9.76. The van der Waals surface area contributed by atoms with E-state index in [1.165, 1.54) is 6.26 Å². The van der Waals surface area contributed by atoms with Crippen LogP contribution in [0.25, 0.3) is 0 Å². The van der Waals surface area contributed by atoms with Crippen molar-refractivity contribution in [2.75, 3.05) is 39.6 Å². The molecule has 1 amide bonds. The smallest absolute Gasteiger partial charge is 0.249 e. The van der Waals surface area contributed by atoms with Crippen molar-refractivity contribution < 1.29 is 17.9 Å². The van der Waals surface area contributed by atoms with Crippen molar-refractivity contribution in [1.82, 2.24) is 9.21 Å². The summed E-state index contributed by atoms with van der Waals surface area (Å²) < 4.78 is 31.0. The number of ether oxygens (including phenoxy) is 1. The number of nitrogens with zero attached hydrogens (tertiary/aromatic N) is 2. The van der Waals surface area contributed by atoms with Gasteiger partial charge in [0.15, 0.2) is 0 Å². The van der Waals surface area contributed by atoms with Gasteiger partial charge in [0.25, 0.3) is 0 Å². The molecule has 0 aromatic rings. The number of amides is 1. The minimum absolute atomic E-state index is 0.00683. The molecule has 1 aliphatic carbocycles. The molecule has 2 fully saturated rings. The first-order valence-corrected chi connectivity index (χ1v) is 10.6. The van der Waals surface area contributed by atoms with Gasteiger partial charge in [-0.3, -0.25) is 4.79 Å². The number of carbonyl (C=O) groups excluding carboxylic acids is 1. The van der Waals surface area contributed by atoms with Crippen molar-refractivity contribution in [1.29, 1.82) is 0 Å². The molecule has 2 heterocycles. The van der Waals surface area contributed by atoms with Gasteiger partial charge in [0.2, 0.25) is 15.9 Å². The van der Waals surface area contributed by atoms with E-state index < -0.39 is 10.0 Å². The second-order valence-corrected chi connectivity index (χ2v) is 9.47. The molecule has 1 spiro atoms. The monoisotopic (exact) mass is 356 g/mol. The molecule has 0 unspecified atom stereocenters. The molecule has 24 heavy (non-hydrogen) atoms. The molecule has 3 rings (SSSR count). The van der Waals surface area contributed by atoms with Crippen LogP contribution in [0.5, 0.6) is 0 Å². The van der Waals surface area contributed by atoms with Crippen molar-refractivity contribution in [3.63, 3.8) is 0 Å². The SMILES string of the molecule is COC[C@H]1CC2(CCN(C(=O)C3=CCCC3)CC2)CN1S(C)(=O)=O. The predicted octanol–water partition coefficient (Wildman–Crippen LogP) is 1.39. The minimum atomic E-state index is -3.23. The summed E-state index contributed by atoms with van der Waals surface area (Å²) in [7, 11) is -1.62. The fourth-order valence-corrected chi connectivity index (χ4v) is 5.65. The summed E-state index contributed by atoms with van der Waals surface area (Å²) in [5, 5.41) is 0. The van der Waals surface area contributed by atoms with Gasteiger partial charge in [0.1, 0.15) is 0 Å². The Morgan fingerprint density at radius 2 is 2.08 bits per heavy atom. The summed E-state index contributed by atoms with van der Waals surface area (Å²) in [4.78, 5) is 14.5. The Labute approximate surface area is 144 Å². The Kier molecular flexibility index (Phi) is 5.04.